The molecule has 0 aliphatic rings. The third kappa shape index (κ3) is 4.76. The van der Waals surface area contributed by atoms with Crippen LogP contribution in [-0.4, -0.2) is 6.54 Å². The maximum Gasteiger partial charge on any atom is 0.134 e. The van der Waals surface area contributed by atoms with Crippen LogP contribution in [0.1, 0.15) is 64.2 Å². The third-order valence-corrected chi connectivity index (χ3v) is 4.06. The van der Waals surface area contributed by atoms with E-state index in [-0.39, 0.29) is 0 Å². The van der Waals surface area contributed by atoms with Gasteiger partial charge in [0.2, 0.25) is 0 Å². The highest BCUT2D eigenvalue weighted by Crippen LogP contribution is 2.29. The van der Waals surface area contributed by atoms with Crippen molar-refractivity contribution in [3.05, 3.63) is 35.0 Å². The first-order valence-electron chi connectivity index (χ1n) is 8.17. The Balaban J connectivity index is 2.09. The number of hydrogen-bond acceptors (Lipinski definition) is 2. The Morgan fingerprint density at radius 1 is 1.10 bits per heavy atom. The molecule has 116 valence electrons. The lowest BCUT2D eigenvalue weighted by atomic mass is 10.0. The molecule has 0 aliphatic heterocycles. The van der Waals surface area contributed by atoms with Crippen LogP contribution < -0.4 is 5.32 Å². The van der Waals surface area contributed by atoms with Gasteiger partial charge in [0, 0.05) is 10.4 Å². The Labute approximate surface area is 132 Å². The molecule has 0 bridgehead atoms. The molecule has 0 saturated heterocycles. The van der Waals surface area contributed by atoms with Gasteiger partial charge < -0.3 is 9.73 Å². The summed E-state index contributed by atoms with van der Waals surface area (Å²) in [7, 11) is 0. The van der Waals surface area contributed by atoms with Gasteiger partial charge in [-0.05, 0) is 43.7 Å². The van der Waals surface area contributed by atoms with E-state index in [1.54, 1.807) is 0 Å². The SMILES string of the molecule is CCCCCCC(NCCC)c1cc2cc(Cl)ccc2o1. The van der Waals surface area contributed by atoms with E-state index in [0.29, 0.717) is 6.04 Å². The van der Waals surface area contributed by atoms with Crippen LogP contribution in [0.2, 0.25) is 5.02 Å². The van der Waals surface area contributed by atoms with Gasteiger partial charge in [-0.15, -0.1) is 0 Å². The Hall–Kier alpha value is -0.990. The maximum atomic E-state index is 6.05. The fraction of sp³-hybridized carbons (Fsp3) is 0.556. The predicted molar refractivity (Wildman–Crippen MR) is 91.0 cm³/mol. The highest BCUT2D eigenvalue weighted by molar-refractivity contribution is 6.31. The smallest absolute Gasteiger partial charge is 0.134 e. The summed E-state index contributed by atoms with van der Waals surface area (Å²) in [6.07, 6.45) is 7.40. The monoisotopic (exact) mass is 307 g/mol. The van der Waals surface area contributed by atoms with Gasteiger partial charge in [-0.3, -0.25) is 0 Å². The van der Waals surface area contributed by atoms with Crippen LogP contribution in [0, 0.1) is 0 Å². The molecule has 0 aliphatic carbocycles. The van der Waals surface area contributed by atoms with Crippen molar-refractivity contribution in [3.63, 3.8) is 0 Å². The summed E-state index contributed by atoms with van der Waals surface area (Å²) in [5, 5.41) is 5.46. The molecular formula is C18H26ClNO. The number of halogens is 1. The summed E-state index contributed by atoms with van der Waals surface area (Å²) in [5.41, 5.74) is 0.922. The van der Waals surface area contributed by atoms with Crippen molar-refractivity contribution in [2.45, 2.75) is 58.4 Å². The molecule has 0 spiro atoms. The molecule has 3 heteroatoms. The molecule has 2 aromatic rings. The highest BCUT2D eigenvalue weighted by atomic mass is 35.5. The summed E-state index contributed by atoms with van der Waals surface area (Å²) in [5.74, 6) is 1.04. The van der Waals surface area contributed by atoms with E-state index < -0.39 is 0 Å². The lowest BCUT2D eigenvalue weighted by molar-refractivity contribution is 0.397. The largest absolute Gasteiger partial charge is 0.459 e. The molecule has 2 nitrogen and oxygen atoms in total. The molecule has 2 rings (SSSR count). The van der Waals surface area contributed by atoms with Crippen molar-refractivity contribution < 1.29 is 4.42 Å². The third-order valence-electron chi connectivity index (χ3n) is 3.83. The summed E-state index contributed by atoms with van der Waals surface area (Å²) < 4.78 is 6.02. The van der Waals surface area contributed by atoms with Crippen molar-refractivity contribution in [2.24, 2.45) is 0 Å². The van der Waals surface area contributed by atoms with Crippen LogP contribution in [0.5, 0.6) is 0 Å². The number of fused-ring (bicyclic) bond motifs is 1. The zero-order valence-electron chi connectivity index (χ0n) is 13.1. The summed E-state index contributed by atoms with van der Waals surface area (Å²) >= 11 is 6.05. The number of furan rings is 1. The highest BCUT2D eigenvalue weighted by Gasteiger charge is 2.15. The standard InChI is InChI=1S/C18H26ClNO/c1-3-5-6-7-8-16(20-11-4-2)18-13-14-12-15(19)9-10-17(14)21-18/h9-10,12-13,16,20H,3-8,11H2,1-2H3. The van der Waals surface area contributed by atoms with E-state index in [1.807, 2.05) is 18.2 Å². The minimum absolute atomic E-state index is 0.313. The quantitative estimate of drug-likeness (QED) is 0.566. The molecule has 0 radical (unpaired) electrons. The van der Waals surface area contributed by atoms with E-state index in [4.69, 9.17) is 16.0 Å². The summed E-state index contributed by atoms with van der Waals surface area (Å²) in [6, 6.07) is 8.25. The second-order valence-corrected chi connectivity index (χ2v) is 6.12. The molecule has 1 heterocycles. The molecule has 1 unspecified atom stereocenters. The second kappa shape index (κ2) is 8.45. The van der Waals surface area contributed by atoms with E-state index >= 15 is 0 Å². The van der Waals surface area contributed by atoms with Crippen LogP contribution in [0.15, 0.2) is 28.7 Å². The summed E-state index contributed by atoms with van der Waals surface area (Å²) in [6.45, 7) is 5.46. The Kier molecular flexibility index (Phi) is 6.59. The van der Waals surface area contributed by atoms with E-state index in [2.05, 4.69) is 25.2 Å². The number of rotatable bonds is 9. The zero-order chi connectivity index (χ0) is 15.1. The van der Waals surface area contributed by atoms with Gasteiger partial charge in [0.25, 0.3) is 0 Å². The first-order chi connectivity index (χ1) is 10.2. The second-order valence-electron chi connectivity index (χ2n) is 5.69. The van der Waals surface area contributed by atoms with Crippen LogP contribution in [0.4, 0.5) is 0 Å². The lowest BCUT2D eigenvalue weighted by Crippen LogP contribution is -2.21. The minimum atomic E-state index is 0.313. The van der Waals surface area contributed by atoms with Gasteiger partial charge in [0.15, 0.2) is 0 Å². The van der Waals surface area contributed by atoms with E-state index in [0.717, 1.165) is 41.1 Å². The average Bonchev–Trinajstić information content (AvgIpc) is 2.89. The van der Waals surface area contributed by atoms with Gasteiger partial charge in [-0.2, -0.15) is 0 Å². The predicted octanol–water partition coefficient (Wildman–Crippen LogP) is 6.10. The molecule has 1 atom stereocenters. The molecule has 21 heavy (non-hydrogen) atoms. The normalized spacial score (nSPS) is 12.9. The Morgan fingerprint density at radius 3 is 2.71 bits per heavy atom. The fourth-order valence-electron chi connectivity index (χ4n) is 2.65. The average molecular weight is 308 g/mol. The topological polar surface area (TPSA) is 25.2 Å². The Bertz CT molecular complexity index is 549. The van der Waals surface area contributed by atoms with Gasteiger partial charge in [-0.1, -0.05) is 51.1 Å². The van der Waals surface area contributed by atoms with Crippen LogP contribution in [-0.2, 0) is 0 Å². The summed E-state index contributed by atoms with van der Waals surface area (Å²) in [4.78, 5) is 0. The Morgan fingerprint density at radius 2 is 1.95 bits per heavy atom. The number of nitrogens with one attached hydrogen (secondary N) is 1. The van der Waals surface area contributed by atoms with Crippen LogP contribution >= 0.6 is 11.6 Å². The number of unbranched alkanes of at least 4 members (excludes halogenated alkanes) is 3. The molecule has 1 N–H and O–H groups in total. The minimum Gasteiger partial charge on any atom is -0.459 e. The molecular weight excluding hydrogens is 282 g/mol. The lowest BCUT2D eigenvalue weighted by Gasteiger charge is -2.16. The first kappa shape index (κ1) is 16.4. The number of hydrogen-bond donors (Lipinski definition) is 1. The van der Waals surface area contributed by atoms with Gasteiger partial charge >= 0.3 is 0 Å². The number of benzene rings is 1. The molecule has 1 aromatic carbocycles. The van der Waals surface area contributed by atoms with Crippen LogP contribution in [0.25, 0.3) is 11.0 Å². The fourth-order valence-corrected chi connectivity index (χ4v) is 2.83. The van der Waals surface area contributed by atoms with Crippen molar-refractivity contribution in [2.75, 3.05) is 6.54 Å². The van der Waals surface area contributed by atoms with Gasteiger partial charge in [0.1, 0.15) is 11.3 Å². The molecule has 0 amide bonds. The molecule has 0 saturated carbocycles. The van der Waals surface area contributed by atoms with Crippen molar-refractivity contribution in [1.82, 2.24) is 5.32 Å². The van der Waals surface area contributed by atoms with Gasteiger partial charge in [-0.25, -0.2) is 0 Å². The van der Waals surface area contributed by atoms with E-state index in [9.17, 15) is 0 Å². The molecule has 1 aromatic heterocycles. The van der Waals surface area contributed by atoms with Crippen molar-refractivity contribution in [3.8, 4) is 0 Å². The van der Waals surface area contributed by atoms with Crippen molar-refractivity contribution >= 4 is 22.6 Å². The van der Waals surface area contributed by atoms with Crippen molar-refractivity contribution in [1.29, 1.82) is 0 Å². The maximum absolute atomic E-state index is 6.05. The van der Waals surface area contributed by atoms with Gasteiger partial charge in [0.05, 0.1) is 6.04 Å². The first-order valence-corrected chi connectivity index (χ1v) is 8.54. The zero-order valence-corrected chi connectivity index (χ0v) is 13.9. The van der Waals surface area contributed by atoms with E-state index in [1.165, 1.54) is 25.7 Å². The van der Waals surface area contributed by atoms with Crippen LogP contribution in [0.3, 0.4) is 0 Å². The molecule has 0 fully saturated rings.